The van der Waals surface area contributed by atoms with Crippen molar-refractivity contribution in [3.63, 3.8) is 0 Å². The van der Waals surface area contributed by atoms with E-state index < -0.39 is 0 Å². The van der Waals surface area contributed by atoms with Gasteiger partial charge in [-0.3, -0.25) is 9.59 Å². The number of carbonyl (C=O) groups is 2. The third kappa shape index (κ3) is 10.0. The van der Waals surface area contributed by atoms with Gasteiger partial charge in [0.05, 0.1) is 19.8 Å². The van der Waals surface area contributed by atoms with Crippen molar-refractivity contribution in [2.75, 3.05) is 33.0 Å². The summed E-state index contributed by atoms with van der Waals surface area (Å²) in [5.41, 5.74) is 0. The Kier molecular flexibility index (Phi) is 11.7. The maximum atomic E-state index is 12.1. The van der Waals surface area contributed by atoms with Crippen LogP contribution in [0.3, 0.4) is 0 Å². The van der Waals surface area contributed by atoms with Gasteiger partial charge in [-0.05, 0) is 38.5 Å². The van der Waals surface area contributed by atoms with E-state index in [1.165, 1.54) is 45.4 Å². The lowest BCUT2D eigenvalue weighted by molar-refractivity contribution is -0.126. The second kappa shape index (κ2) is 13.4. The molecular formula is C19H35NO4. The maximum Gasteiger partial charge on any atom is 0.223 e. The molecule has 0 aromatic heterocycles. The highest BCUT2D eigenvalue weighted by Gasteiger charge is 2.25. The number of carbonyl (C=O) groups excluding carboxylic acids is 2. The van der Waals surface area contributed by atoms with Crippen LogP contribution in [0.15, 0.2) is 0 Å². The largest absolute Gasteiger partial charge is 0.377 e. The Balaban J connectivity index is 1.97. The molecule has 5 heteroatoms. The smallest absolute Gasteiger partial charge is 0.223 e. The molecule has 0 atom stereocenters. The summed E-state index contributed by atoms with van der Waals surface area (Å²) in [6.45, 7) is 5.77. The molecule has 1 amide bonds. The van der Waals surface area contributed by atoms with Crippen molar-refractivity contribution >= 4 is 11.7 Å². The number of rotatable bonds is 13. The van der Waals surface area contributed by atoms with E-state index >= 15 is 0 Å². The predicted molar refractivity (Wildman–Crippen MR) is 94.9 cm³/mol. The molecule has 5 nitrogen and oxygen atoms in total. The van der Waals surface area contributed by atoms with Crippen LogP contribution < -0.4 is 5.32 Å². The van der Waals surface area contributed by atoms with Gasteiger partial charge in [-0.1, -0.05) is 32.6 Å². The number of nitrogens with one attached hydrogen (secondary N) is 1. The first-order valence-electron chi connectivity index (χ1n) is 9.56. The monoisotopic (exact) mass is 341 g/mol. The third-order valence-corrected chi connectivity index (χ3v) is 4.66. The molecule has 0 aromatic carbocycles. The van der Waals surface area contributed by atoms with Gasteiger partial charge in [0.1, 0.15) is 6.61 Å². The molecule has 1 N–H and O–H groups in total. The Morgan fingerprint density at radius 3 is 2.38 bits per heavy atom. The van der Waals surface area contributed by atoms with Gasteiger partial charge in [-0.25, -0.2) is 0 Å². The molecule has 1 saturated carbocycles. The summed E-state index contributed by atoms with van der Waals surface area (Å²) in [5, 5.41) is 2.97. The van der Waals surface area contributed by atoms with E-state index in [-0.39, 0.29) is 24.2 Å². The van der Waals surface area contributed by atoms with Crippen LogP contribution in [0.1, 0.15) is 65.2 Å². The van der Waals surface area contributed by atoms with Gasteiger partial charge < -0.3 is 14.8 Å². The molecule has 1 rings (SSSR count). The summed E-state index contributed by atoms with van der Waals surface area (Å²) in [6.07, 6.45) is 9.75. The summed E-state index contributed by atoms with van der Waals surface area (Å²) in [6, 6.07) is 0. The number of amides is 1. The van der Waals surface area contributed by atoms with Gasteiger partial charge in [0, 0.05) is 12.5 Å². The number of ether oxygens (including phenoxy) is 2. The molecule has 1 aliphatic carbocycles. The zero-order valence-electron chi connectivity index (χ0n) is 15.5. The number of ketones is 1. The van der Waals surface area contributed by atoms with Gasteiger partial charge in [0.2, 0.25) is 5.91 Å². The van der Waals surface area contributed by atoms with Crippen LogP contribution in [0, 0.1) is 11.8 Å². The van der Waals surface area contributed by atoms with Crippen LogP contribution in [-0.4, -0.2) is 44.7 Å². The summed E-state index contributed by atoms with van der Waals surface area (Å²) in [7, 11) is 0. The average molecular weight is 341 g/mol. The fraction of sp³-hybridized carbons (Fsp3) is 0.895. The molecule has 1 aliphatic rings. The highest BCUT2D eigenvalue weighted by atomic mass is 16.5. The molecule has 0 spiro atoms. The van der Waals surface area contributed by atoms with E-state index in [2.05, 4.69) is 12.2 Å². The predicted octanol–water partition coefficient (Wildman–Crippen LogP) is 3.11. The zero-order chi connectivity index (χ0) is 17.6. The number of unbranched alkanes of at least 4 members (excludes halogenated alkanes) is 2. The van der Waals surface area contributed by atoms with Gasteiger partial charge in [0.15, 0.2) is 5.78 Å². The summed E-state index contributed by atoms with van der Waals surface area (Å²) >= 11 is 0. The lowest BCUT2D eigenvalue weighted by Crippen LogP contribution is -2.35. The van der Waals surface area contributed by atoms with Crippen LogP contribution in [0.5, 0.6) is 0 Å². The van der Waals surface area contributed by atoms with Crippen LogP contribution in [0.4, 0.5) is 0 Å². The van der Waals surface area contributed by atoms with Crippen molar-refractivity contribution in [2.24, 2.45) is 11.8 Å². The topological polar surface area (TPSA) is 64.6 Å². The third-order valence-electron chi connectivity index (χ3n) is 4.66. The molecule has 0 bridgehead atoms. The molecule has 0 radical (unpaired) electrons. The van der Waals surface area contributed by atoms with E-state index in [0.717, 1.165) is 18.8 Å². The number of hydrogen-bond acceptors (Lipinski definition) is 4. The molecular weight excluding hydrogens is 306 g/mol. The van der Waals surface area contributed by atoms with E-state index in [9.17, 15) is 9.59 Å². The van der Waals surface area contributed by atoms with Crippen LogP contribution >= 0.6 is 0 Å². The van der Waals surface area contributed by atoms with E-state index in [1.807, 2.05) is 0 Å². The molecule has 24 heavy (non-hydrogen) atoms. The normalized spacial score (nSPS) is 20.8. The molecule has 0 aliphatic heterocycles. The van der Waals surface area contributed by atoms with Gasteiger partial charge >= 0.3 is 0 Å². The Morgan fingerprint density at radius 1 is 1.00 bits per heavy atom. The van der Waals surface area contributed by atoms with E-state index in [4.69, 9.17) is 9.47 Å². The Bertz CT molecular complexity index is 351. The maximum absolute atomic E-state index is 12.1. The van der Waals surface area contributed by atoms with Crippen LogP contribution in [-0.2, 0) is 19.1 Å². The minimum absolute atomic E-state index is 0.0161. The lowest BCUT2D eigenvalue weighted by Gasteiger charge is -2.27. The molecule has 0 unspecified atom stereocenters. The highest BCUT2D eigenvalue weighted by Crippen LogP contribution is 2.32. The summed E-state index contributed by atoms with van der Waals surface area (Å²) in [5.74, 6) is 1.21. The first-order valence-corrected chi connectivity index (χ1v) is 9.56. The standard InChI is InChI=1S/C19H35NO4/c1-3-4-5-6-17-7-9-18(10-8-17)19(22)20-11-12-23-13-14-24-15-16(2)21/h17-18H,3-15H2,1-2H3,(H,20,22)/t17-,18-. The second-order valence-corrected chi connectivity index (χ2v) is 6.87. The Morgan fingerprint density at radius 2 is 1.71 bits per heavy atom. The van der Waals surface area contributed by atoms with Crippen molar-refractivity contribution in [3.05, 3.63) is 0 Å². The zero-order valence-corrected chi connectivity index (χ0v) is 15.5. The molecule has 0 heterocycles. The molecule has 1 fully saturated rings. The first kappa shape index (κ1) is 21.1. The molecule has 0 aromatic rings. The minimum atomic E-state index is 0.0161. The van der Waals surface area contributed by atoms with Gasteiger partial charge in [-0.2, -0.15) is 0 Å². The first-order chi connectivity index (χ1) is 11.6. The molecule has 140 valence electrons. The van der Waals surface area contributed by atoms with Gasteiger partial charge in [0.25, 0.3) is 0 Å². The average Bonchev–Trinajstić information content (AvgIpc) is 2.57. The van der Waals surface area contributed by atoms with E-state index in [0.29, 0.717) is 26.4 Å². The fourth-order valence-electron chi connectivity index (χ4n) is 3.22. The number of Topliss-reactive ketones (excluding diaryl/α,β-unsaturated/α-hetero) is 1. The van der Waals surface area contributed by atoms with Crippen molar-refractivity contribution < 1.29 is 19.1 Å². The van der Waals surface area contributed by atoms with Crippen molar-refractivity contribution in [1.29, 1.82) is 0 Å². The van der Waals surface area contributed by atoms with Gasteiger partial charge in [-0.15, -0.1) is 0 Å². The van der Waals surface area contributed by atoms with Crippen molar-refractivity contribution in [1.82, 2.24) is 5.32 Å². The summed E-state index contributed by atoms with van der Waals surface area (Å²) < 4.78 is 10.5. The Hall–Kier alpha value is -0.940. The lowest BCUT2D eigenvalue weighted by atomic mass is 9.79. The fourth-order valence-corrected chi connectivity index (χ4v) is 3.22. The second-order valence-electron chi connectivity index (χ2n) is 6.87. The quantitative estimate of drug-likeness (QED) is 0.523. The molecule has 0 saturated heterocycles. The van der Waals surface area contributed by atoms with Crippen molar-refractivity contribution in [3.8, 4) is 0 Å². The summed E-state index contributed by atoms with van der Waals surface area (Å²) in [4.78, 5) is 22.8. The highest BCUT2D eigenvalue weighted by molar-refractivity contribution is 5.78. The minimum Gasteiger partial charge on any atom is -0.377 e. The number of hydrogen-bond donors (Lipinski definition) is 1. The van der Waals surface area contributed by atoms with E-state index in [1.54, 1.807) is 0 Å². The van der Waals surface area contributed by atoms with Crippen molar-refractivity contribution in [2.45, 2.75) is 65.2 Å². The van der Waals surface area contributed by atoms with Crippen LogP contribution in [0.2, 0.25) is 0 Å². The Labute approximate surface area is 146 Å². The SMILES string of the molecule is CCCCC[C@H]1CC[C@H](C(=O)NCCOCCOCC(C)=O)CC1. The van der Waals surface area contributed by atoms with Crippen LogP contribution in [0.25, 0.3) is 0 Å².